The van der Waals surface area contributed by atoms with Crippen LogP contribution in [-0.2, 0) is 17.0 Å². The molecule has 0 unspecified atom stereocenters. The van der Waals surface area contributed by atoms with Crippen LogP contribution in [0.1, 0.15) is 16.7 Å². The number of nitriles is 1. The molecule has 2 aromatic rings. The second-order valence-electron chi connectivity index (χ2n) is 5.37. The van der Waals surface area contributed by atoms with Crippen molar-refractivity contribution in [1.82, 2.24) is 0 Å². The van der Waals surface area contributed by atoms with Gasteiger partial charge in [-0.25, -0.2) is 0 Å². The van der Waals surface area contributed by atoms with Crippen LogP contribution in [0.2, 0.25) is 0 Å². The first-order valence-corrected chi connectivity index (χ1v) is 9.28. The predicted octanol–water partition coefficient (Wildman–Crippen LogP) is 4.14. The van der Waals surface area contributed by atoms with Gasteiger partial charge in [-0.2, -0.15) is 5.26 Å². The highest BCUT2D eigenvalue weighted by atomic mass is 79.9. The van der Waals surface area contributed by atoms with Gasteiger partial charge in [-0.3, -0.25) is 4.79 Å². The van der Waals surface area contributed by atoms with Crippen molar-refractivity contribution in [2.75, 3.05) is 17.2 Å². The number of carbonyl (C=O) groups excluding carboxylic acids is 1. The lowest BCUT2D eigenvalue weighted by Gasteiger charge is -2.17. The SMILES string of the molecule is N#Cc1ccc(CSCC(=O)N2CCc3cc(Br)ccc32)cc1. The summed E-state index contributed by atoms with van der Waals surface area (Å²) in [5, 5.41) is 8.79. The maximum atomic E-state index is 12.4. The zero-order valence-electron chi connectivity index (χ0n) is 12.5. The largest absolute Gasteiger partial charge is 0.311 e. The number of rotatable bonds is 4. The molecule has 0 aliphatic carbocycles. The van der Waals surface area contributed by atoms with Crippen molar-refractivity contribution in [3.8, 4) is 6.07 Å². The van der Waals surface area contributed by atoms with Crippen LogP contribution in [0.5, 0.6) is 0 Å². The Balaban J connectivity index is 1.55. The predicted molar refractivity (Wildman–Crippen MR) is 97.5 cm³/mol. The van der Waals surface area contributed by atoms with Gasteiger partial charge < -0.3 is 4.90 Å². The van der Waals surface area contributed by atoms with Gasteiger partial charge in [0.1, 0.15) is 0 Å². The molecule has 2 aromatic carbocycles. The average molecular weight is 387 g/mol. The molecule has 3 nitrogen and oxygen atoms in total. The van der Waals surface area contributed by atoms with Crippen LogP contribution in [0.3, 0.4) is 0 Å². The lowest BCUT2D eigenvalue weighted by atomic mass is 10.2. The number of halogens is 1. The third-order valence-electron chi connectivity index (χ3n) is 3.82. The van der Waals surface area contributed by atoms with Gasteiger partial charge >= 0.3 is 0 Å². The van der Waals surface area contributed by atoms with E-state index in [2.05, 4.69) is 28.1 Å². The van der Waals surface area contributed by atoms with Gasteiger partial charge in [0, 0.05) is 22.5 Å². The fourth-order valence-electron chi connectivity index (χ4n) is 2.64. The van der Waals surface area contributed by atoms with Crippen LogP contribution in [0.25, 0.3) is 0 Å². The van der Waals surface area contributed by atoms with Crippen molar-refractivity contribution in [1.29, 1.82) is 5.26 Å². The van der Waals surface area contributed by atoms with E-state index in [1.165, 1.54) is 5.56 Å². The smallest absolute Gasteiger partial charge is 0.237 e. The van der Waals surface area contributed by atoms with Crippen LogP contribution in [0.15, 0.2) is 46.9 Å². The lowest BCUT2D eigenvalue weighted by Crippen LogP contribution is -2.30. The lowest BCUT2D eigenvalue weighted by molar-refractivity contribution is -0.116. The summed E-state index contributed by atoms with van der Waals surface area (Å²) < 4.78 is 1.06. The molecule has 0 atom stereocenters. The molecule has 0 fully saturated rings. The van der Waals surface area contributed by atoms with Crippen LogP contribution in [0, 0.1) is 11.3 Å². The van der Waals surface area contributed by atoms with Crippen molar-refractivity contribution in [2.45, 2.75) is 12.2 Å². The van der Waals surface area contributed by atoms with E-state index in [0.717, 1.165) is 34.4 Å². The molecule has 1 aliphatic rings. The van der Waals surface area contributed by atoms with Crippen LogP contribution < -0.4 is 4.90 Å². The van der Waals surface area contributed by atoms with Gasteiger partial charge in [0.05, 0.1) is 17.4 Å². The first-order valence-electron chi connectivity index (χ1n) is 7.33. The Kier molecular flexibility index (Phi) is 5.04. The number of fused-ring (bicyclic) bond motifs is 1. The van der Waals surface area contributed by atoms with E-state index in [1.807, 2.05) is 41.3 Å². The summed E-state index contributed by atoms with van der Waals surface area (Å²) in [6.07, 6.45) is 0.917. The number of nitrogens with zero attached hydrogens (tertiary/aromatic N) is 2. The van der Waals surface area contributed by atoms with E-state index in [4.69, 9.17) is 5.26 Å². The molecule has 23 heavy (non-hydrogen) atoms. The minimum Gasteiger partial charge on any atom is -0.311 e. The maximum Gasteiger partial charge on any atom is 0.237 e. The Morgan fingerprint density at radius 3 is 2.78 bits per heavy atom. The topological polar surface area (TPSA) is 44.1 Å². The molecule has 0 bridgehead atoms. The van der Waals surface area contributed by atoms with Crippen LogP contribution in [-0.4, -0.2) is 18.2 Å². The fraction of sp³-hybridized carbons (Fsp3) is 0.222. The highest BCUT2D eigenvalue weighted by molar-refractivity contribution is 9.10. The number of carbonyl (C=O) groups is 1. The average Bonchev–Trinajstić information content (AvgIpc) is 2.98. The second kappa shape index (κ2) is 7.20. The summed E-state index contributed by atoms with van der Waals surface area (Å²) in [5.41, 5.74) is 4.06. The molecule has 5 heteroatoms. The third kappa shape index (κ3) is 3.77. The standard InChI is InChI=1S/C18H15BrN2OS/c19-16-5-6-17-15(9-16)7-8-21(17)18(22)12-23-11-14-3-1-13(10-20)2-4-14/h1-6,9H,7-8,11-12H2. The number of thioether (sulfide) groups is 1. The van der Waals surface area contributed by atoms with Crippen LogP contribution in [0.4, 0.5) is 5.69 Å². The zero-order chi connectivity index (χ0) is 16.2. The van der Waals surface area contributed by atoms with Crippen molar-refractivity contribution in [3.63, 3.8) is 0 Å². The number of hydrogen-bond donors (Lipinski definition) is 0. The fourth-order valence-corrected chi connectivity index (χ4v) is 3.91. The van der Waals surface area contributed by atoms with Gasteiger partial charge in [0.2, 0.25) is 5.91 Å². The normalized spacial score (nSPS) is 12.8. The highest BCUT2D eigenvalue weighted by Crippen LogP contribution is 2.31. The van der Waals surface area contributed by atoms with E-state index in [0.29, 0.717) is 11.3 Å². The molecule has 1 heterocycles. The summed E-state index contributed by atoms with van der Waals surface area (Å²) in [6.45, 7) is 0.766. The first-order chi connectivity index (χ1) is 11.2. The first kappa shape index (κ1) is 16.1. The Bertz CT molecular complexity index is 768. The van der Waals surface area contributed by atoms with E-state index in [1.54, 1.807) is 11.8 Å². The minimum atomic E-state index is 0.157. The molecule has 0 spiro atoms. The van der Waals surface area contributed by atoms with Gasteiger partial charge in [-0.1, -0.05) is 28.1 Å². The number of benzene rings is 2. The highest BCUT2D eigenvalue weighted by Gasteiger charge is 2.24. The third-order valence-corrected chi connectivity index (χ3v) is 5.30. The maximum absolute atomic E-state index is 12.4. The summed E-state index contributed by atoms with van der Waals surface area (Å²) in [7, 11) is 0. The Labute approximate surface area is 148 Å². The summed E-state index contributed by atoms with van der Waals surface area (Å²) in [6, 6.07) is 15.7. The zero-order valence-corrected chi connectivity index (χ0v) is 14.9. The molecule has 0 N–H and O–H groups in total. The Hall–Kier alpha value is -1.77. The van der Waals surface area contributed by atoms with Gasteiger partial charge in [0.15, 0.2) is 0 Å². The molecular formula is C18H15BrN2OS. The molecular weight excluding hydrogens is 372 g/mol. The minimum absolute atomic E-state index is 0.157. The van der Waals surface area contributed by atoms with E-state index in [-0.39, 0.29) is 5.91 Å². The number of anilines is 1. The summed E-state index contributed by atoms with van der Waals surface area (Å²) >= 11 is 5.08. The van der Waals surface area contributed by atoms with E-state index >= 15 is 0 Å². The molecule has 0 saturated carbocycles. The Morgan fingerprint density at radius 1 is 1.26 bits per heavy atom. The molecule has 0 radical (unpaired) electrons. The summed E-state index contributed by atoms with van der Waals surface area (Å²) in [4.78, 5) is 14.3. The molecule has 1 amide bonds. The van der Waals surface area contributed by atoms with Gasteiger partial charge in [-0.15, -0.1) is 11.8 Å². The number of hydrogen-bond acceptors (Lipinski definition) is 3. The molecule has 3 rings (SSSR count). The molecule has 1 aliphatic heterocycles. The van der Waals surface area contributed by atoms with Crippen LogP contribution >= 0.6 is 27.7 Å². The van der Waals surface area contributed by atoms with Crippen molar-refractivity contribution >= 4 is 39.3 Å². The Morgan fingerprint density at radius 2 is 2.04 bits per heavy atom. The van der Waals surface area contributed by atoms with Gasteiger partial charge in [0.25, 0.3) is 0 Å². The molecule has 0 saturated heterocycles. The summed E-state index contributed by atoms with van der Waals surface area (Å²) in [5.74, 6) is 1.40. The van der Waals surface area contributed by atoms with E-state index < -0.39 is 0 Å². The monoisotopic (exact) mass is 386 g/mol. The van der Waals surface area contributed by atoms with Crippen molar-refractivity contribution in [2.24, 2.45) is 0 Å². The molecule has 0 aromatic heterocycles. The van der Waals surface area contributed by atoms with E-state index in [9.17, 15) is 4.79 Å². The molecule has 116 valence electrons. The number of amides is 1. The van der Waals surface area contributed by atoms with Gasteiger partial charge in [-0.05, 0) is 47.9 Å². The second-order valence-corrected chi connectivity index (χ2v) is 7.27. The van der Waals surface area contributed by atoms with Crippen molar-refractivity contribution < 1.29 is 4.79 Å². The quantitative estimate of drug-likeness (QED) is 0.792. The van der Waals surface area contributed by atoms with Crippen molar-refractivity contribution in [3.05, 3.63) is 63.6 Å².